The molecule has 0 amide bonds. The van der Waals surface area contributed by atoms with E-state index in [1.807, 2.05) is 25.1 Å². The SMILES string of the molecule is CCCN(CCC)C(c1cccc(-c2c(C)cc(C)cc2C)n1)C(OCC)OC(=O)CC(=O)O. The molecule has 34 heavy (non-hydrogen) atoms. The summed E-state index contributed by atoms with van der Waals surface area (Å²) in [6.45, 7) is 14.1. The number of esters is 1. The molecule has 0 aliphatic carbocycles. The quantitative estimate of drug-likeness (QED) is 0.244. The van der Waals surface area contributed by atoms with Gasteiger partial charge in [0.1, 0.15) is 12.5 Å². The highest BCUT2D eigenvalue weighted by Gasteiger charge is 2.34. The maximum atomic E-state index is 12.3. The largest absolute Gasteiger partial charge is 0.481 e. The van der Waals surface area contributed by atoms with Gasteiger partial charge in [0.15, 0.2) is 0 Å². The first-order valence-corrected chi connectivity index (χ1v) is 12.0. The van der Waals surface area contributed by atoms with E-state index >= 15 is 0 Å². The second-order valence-electron chi connectivity index (χ2n) is 8.59. The van der Waals surface area contributed by atoms with E-state index in [1.54, 1.807) is 0 Å². The van der Waals surface area contributed by atoms with Crippen LogP contribution in [0.15, 0.2) is 30.3 Å². The second-order valence-corrected chi connectivity index (χ2v) is 8.59. The van der Waals surface area contributed by atoms with Gasteiger partial charge in [0.25, 0.3) is 0 Å². The minimum atomic E-state index is -1.23. The first kappa shape index (κ1) is 27.5. The van der Waals surface area contributed by atoms with Crippen LogP contribution in [0.25, 0.3) is 11.3 Å². The first-order chi connectivity index (χ1) is 16.2. The molecule has 0 radical (unpaired) electrons. The predicted octanol–water partition coefficient (Wildman–Crippen LogP) is 5.22. The third-order valence-corrected chi connectivity index (χ3v) is 5.55. The summed E-state index contributed by atoms with van der Waals surface area (Å²) in [5, 5.41) is 9.03. The predicted molar refractivity (Wildman–Crippen MR) is 133 cm³/mol. The number of carboxylic acids is 1. The number of nitrogens with zero attached hydrogens (tertiary/aromatic N) is 2. The Kier molecular flexibility index (Phi) is 10.7. The van der Waals surface area contributed by atoms with Gasteiger partial charge < -0.3 is 14.6 Å². The molecule has 2 aromatic rings. The average molecular weight is 471 g/mol. The van der Waals surface area contributed by atoms with Gasteiger partial charge in [-0.25, -0.2) is 0 Å². The lowest BCUT2D eigenvalue weighted by Gasteiger charge is -2.35. The van der Waals surface area contributed by atoms with E-state index in [4.69, 9.17) is 19.6 Å². The number of hydrogen-bond donors (Lipinski definition) is 1. The molecule has 0 aliphatic rings. The number of carboxylic acid groups (broad SMARTS) is 1. The molecule has 0 bridgehead atoms. The van der Waals surface area contributed by atoms with Crippen molar-refractivity contribution in [2.45, 2.75) is 73.1 Å². The van der Waals surface area contributed by atoms with Gasteiger partial charge in [-0.1, -0.05) is 37.6 Å². The summed E-state index contributed by atoms with van der Waals surface area (Å²) in [6, 6.07) is 9.69. The number of rotatable bonds is 13. The number of ether oxygens (including phenoxy) is 2. The van der Waals surface area contributed by atoms with Gasteiger partial charge in [-0.05, 0) is 76.9 Å². The molecular formula is C27H38N2O5. The molecule has 1 aromatic heterocycles. The molecule has 7 heteroatoms. The Balaban J connectivity index is 2.59. The molecule has 1 N–H and O–H groups in total. The Morgan fingerprint density at radius 2 is 1.65 bits per heavy atom. The number of benzene rings is 1. The highest BCUT2D eigenvalue weighted by atomic mass is 16.7. The standard InChI is InChI=1S/C27H38N2O5/c1-7-13-29(14-8-2)26(27(33-9-3)34-24(32)17-23(30)31)22-12-10-11-21(28-22)25-19(5)15-18(4)16-20(25)6/h10-12,15-16,26-27H,7-9,13-14,17H2,1-6H3,(H,30,31). The van der Waals surface area contributed by atoms with Crippen molar-refractivity contribution in [3.8, 4) is 11.3 Å². The lowest BCUT2D eigenvalue weighted by Crippen LogP contribution is -2.42. The summed E-state index contributed by atoms with van der Waals surface area (Å²) >= 11 is 0. The monoisotopic (exact) mass is 470 g/mol. The van der Waals surface area contributed by atoms with E-state index in [-0.39, 0.29) is 0 Å². The van der Waals surface area contributed by atoms with E-state index in [2.05, 4.69) is 51.7 Å². The molecule has 1 heterocycles. The van der Waals surface area contributed by atoms with Gasteiger partial charge >= 0.3 is 11.9 Å². The Morgan fingerprint density at radius 1 is 1.03 bits per heavy atom. The van der Waals surface area contributed by atoms with Crippen molar-refractivity contribution >= 4 is 11.9 Å². The summed E-state index contributed by atoms with van der Waals surface area (Å²) < 4.78 is 11.5. The Bertz CT molecular complexity index is 946. The van der Waals surface area contributed by atoms with Gasteiger partial charge in [-0.15, -0.1) is 0 Å². The van der Waals surface area contributed by atoms with Crippen LogP contribution in [0.4, 0.5) is 0 Å². The minimum Gasteiger partial charge on any atom is -0.481 e. The van der Waals surface area contributed by atoms with E-state index in [0.29, 0.717) is 6.61 Å². The van der Waals surface area contributed by atoms with Gasteiger partial charge in [0.05, 0.1) is 11.4 Å². The fourth-order valence-corrected chi connectivity index (χ4v) is 4.45. The molecule has 0 aliphatic heterocycles. The molecule has 7 nitrogen and oxygen atoms in total. The van der Waals surface area contributed by atoms with Crippen LogP contribution in [0.5, 0.6) is 0 Å². The van der Waals surface area contributed by atoms with Crippen LogP contribution < -0.4 is 0 Å². The summed E-state index contributed by atoms with van der Waals surface area (Å²) in [4.78, 5) is 30.6. The normalized spacial score (nSPS) is 13.0. The summed E-state index contributed by atoms with van der Waals surface area (Å²) in [5.74, 6) is -2.06. The van der Waals surface area contributed by atoms with Crippen LogP contribution in [0.1, 0.15) is 68.5 Å². The number of carbonyl (C=O) groups is 2. The smallest absolute Gasteiger partial charge is 0.319 e. The second kappa shape index (κ2) is 13.2. The van der Waals surface area contributed by atoms with Crippen LogP contribution in [0.2, 0.25) is 0 Å². The first-order valence-electron chi connectivity index (χ1n) is 12.0. The molecule has 2 unspecified atom stereocenters. The zero-order chi connectivity index (χ0) is 25.3. The van der Waals surface area contributed by atoms with Gasteiger partial charge in [0, 0.05) is 12.2 Å². The molecule has 1 aromatic carbocycles. The molecule has 0 fully saturated rings. The van der Waals surface area contributed by atoms with Crippen LogP contribution in [0, 0.1) is 20.8 Å². The minimum absolute atomic E-state index is 0.309. The van der Waals surface area contributed by atoms with Crippen LogP contribution in [0.3, 0.4) is 0 Å². The third-order valence-electron chi connectivity index (χ3n) is 5.55. The summed E-state index contributed by atoms with van der Waals surface area (Å²) in [7, 11) is 0. The number of aryl methyl sites for hydroxylation is 3. The zero-order valence-electron chi connectivity index (χ0n) is 21.3. The van der Waals surface area contributed by atoms with Crippen LogP contribution in [-0.4, -0.2) is 52.9 Å². The molecule has 2 rings (SSSR count). The lowest BCUT2D eigenvalue weighted by molar-refractivity contribution is -0.196. The number of aromatic nitrogens is 1. The zero-order valence-corrected chi connectivity index (χ0v) is 21.3. The van der Waals surface area contributed by atoms with Crippen LogP contribution >= 0.6 is 0 Å². The van der Waals surface area contributed by atoms with Gasteiger partial charge in [-0.3, -0.25) is 19.5 Å². The van der Waals surface area contributed by atoms with Crippen molar-refractivity contribution in [1.82, 2.24) is 9.88 Å². The highest BCUT2D eigenvalue weighted by Crippen LogP contribution is 2.32. The number of pyridine rings is 1. The lowest BCUT2D eigenvalue weighted by atomic mass is 9.96. The summed E-state index contributed by atoms with van der Waals surface area (Å²) in [5.41, 5.74) is 6.14. The molecule has 0 saturated carbocycles. The number of aliphatic carboxylic acids is 1. The van der Waals surface area contributed by atoms with Crippen molar-refractivity contribution in [3.05, 3.63) is 52.7 Å². The molecule has 186 valence electrons. The Hall–Kier alpha value is -2.77. The number of hydrogen-bond acceptors (Lipinski definition) is 6. The molecule has 2 atom stereocenters. The van der Waals surface area contributed by atoms with Gasteiger partial charge in [0.2, 0.25) is 6.29 Å². The fourth-order valence-electron chi connectivity index (χ4n) is 4.45. The third kappa shape index (κ3) is 7.37. The topological polar surface area (TPSA) is 89.0 Å². The summed E-state index contributed by atoms with van der Waals surface area (Å²) in [6.07, 6.45) is 0.105. The van der Waals surface area contributed by atoms with Crippen LogP contribution in [-0.2, 0) is 19.1 Å². The van der Waals surface area contributed by atoms with Crippen molar-refractivity contribution < 1.29 is 24.2 Å². The Labute approximate surface area is 203 Å². The molecule has 0 saturated heterocycles. The number of carbonyl (C=O) groups excluding carboxylic acids is 1. The van der Waals surface area contributed by atoms with E-state index in [1.165, 1.54) is 5.56 Å². The van der Waals surface area contributed by atoms with Crippen molar-refractivity contribution in [1.29, 1.82) is 0 Å². The Morgan fingerprint density at radius 3 is 2.18 bits per heavy atom. The van der Waals surface area contributed by atoms with E-state index in [9.17, 15) is 9.59 Å². The fraction of sp³-hybridized carbons (Fsp3) is 0.519. The van der Waals surface area contributed by atoms with Crippen molar-refractivity contribution in [2.24, 2.45) is 0 Å². The van der Waals surface area contributed by atoms with Gasteiger partial charge in [-0.2, -0.15) is 0 Å². The molecule has 0 spiro atoms. The molecular weight excluding hydrogens is 432 g/mol. The van der Waals surface area contributed by atoms with E-state index in [0.717, 1.165) is 54.0 Å². The highest BCUT2D eigenvalue weighted by molar-refractivity contribution is 5.90. The maximum Gasteiger partial charge on any atom is 0.319 e. The van der Waals surface area contributed by atoms with Crippen molar-refractivity contribution in [2.75, 3.05) is 19.7 Å². The van der Waals surface area contributed by atoms with Crippen molar-refractivity contribution in [3.63, 3.8) is 0 Å². The van der Waals surface area contributed by atoms with E-state index < -0.39 is 30.7 Å². The average Bonchev–Trinajstić information content (AvgIpc) is 2.73. The maximum absolute atomic E-state index is 12.3.